The van der Waals surface area contributed by atoms with Crippen molar-refractivity contribution in [2.45, 2.75) is 51.6 Å². The van der Waals surface area contributed by atoms with Crippen molar-refractivity contribution in [1.82, 2.24) is 15.1 Å². The molecule has 0 spiro atoms. The molecule has 3 heteroatoms. The van der Waals surface area contributed by atoms with Crippen LogP contribution in [0, 0.1) is 5.92 Å². The van der Waals surface area contributed by atoms with Gasteiger partial charge in [-0.05, 0) is 38.8 Å². The number of nitrogens with one attached hydrogen (secondary N) is 1. The first-order valence-electron chi connectivity index (χ1n) is 7.95. The third kappa shape index (κ3) is 2.47. The molecule has 1 saturated carbocycles. The summed E-state index contributed by atoms with van der Waals surface area (Å²) in [6, 6.07) is 9.19. The number of para-hydroxylation sites is 1. The van der Waals surface area contributed by atoms with Crippen LogP contribution in [0.2, 0.25) is 0 Å². The fourth-order valence-electron chi connectivity index (χ4n) is 3.66. The summed E-state index contributed by atoms with van der Waals surface area (Å²) in [5.41, 5.74) is 2.53. The number of likely N-dealkylation sites (N-methyl/N-ethyl adjacent to an activating group) is 1. The zero-order valence-corrected chi connectivity index (χ0v) is 12.6. The molecule has 1 fully saturated rings. The third-order valence-corrected chi connectivity index (χ3v) is 4.79. The van der Waals surface area contributed by atoms with E-state index >= 15 is 0 Å². The van der Waals surface area contributed by atoms with Crippen LogP contribution in [0.25, 0.3) is 10.9 Å². The van der Waals surface area contributed by atoms with E-state index < -0.39 is 0 Å². The Balaban J connectivity index is 1.89. The van der Waals surface area contributed by atoms with Crippen molar-refractivity contribution in [3.63, 3.8) is 0 Å². The molecule has 1 aromatic carbocycles. The molecule has 2 aromatic rings. The van der Waals surface area contributed by atoms with E-state index in [0.29, 0.717) is 6.04 Å². The topological polar surface area (TPSA) is 29.9 Å². The van der Waals surface area contributed by atoms with E-state index in [2.05, 4.69) is 48.2 Å². The Bertz CT molecular complexity index is 567. The summed E-state index contributed by atoms with van der Waals surface area (Å²) in [4.78, 5) is 0. The summed E-state index contributed by atoms with van der Waals surface area (Å²) in [6.45, 7) is 3.10. The lowest BCUT2D eigenvalue weighted by Gasteiger charge is -2.22. The number of nitrogens with zero attached hydrogens (tertiary/aromatic N) is 2. The van der Waals surface area contributed by atoms with E-state index in [-0.39, 0.29) is 0 Å². The van der Waals surface area contributed by atoms with Crippen LogP contribution in [0.4, 0.5) is 0 Å². The number of hydrogen-bond acceptors (Lipinski definition) is 2. The van der Waals surface area contributed by atoms with Crippen LogP contribution < -0.4 is 5.32 Å². The van der Waals surface area contributed by atoms with Gasteiger partial charge in [-0.3, -0.25) is 4.68 Å². The lowest BCUT2D eigenvalue weighted by molar-refractivity contribution is 0.374. The molecule has 0 radical (unpaired) electrons. The van der Waals surface area contributed by atoms with E-state index in [1.165, 1.54) is 42.3 Å². The van der Waals surface area contributed by atoms with E-state index in [0.717, 1.165) is 18.9 Å². The monoisotopic (exact) mass is 271 g/mol. The average molecular weight is 271 g/mol. The van der Waals surface area contributed by atoms with Crippen molar-refractivity contribution in [2.75, 3.05) is 7.05 Å². The molecule has 1 heterocycles. The number of fused-ring (bicyclic) bond motifs is 1. The largest absolute Gasteiger partial charge is 0.316 e. The van der Waals surface area contributed by atoms with Crippen molar-refractivity contribution in [1.29, 1.82) is 0 Å². The van der Waals surface area contributed by atoms with Gasteiger partial charge in [0.25, 0.3) is 0 Å². The van der Waals surface area contributed by atoms with Crippen molar-refractivity contribution in [3.05, 3.63) is 30.0 Å². The zero-order valence-electron chi connectivity index (χ0n) is 12.6. The van der Waals surface area contributed by atoms with Gasteiger partial charge in [0.2, 0.25) is 0 Å². The van der Waals surface area contributed by atoms with Crippen LogP contribution in [0.15, 0.2) is 24.3 Å². The maximum Gasteiger partial charge on any atom is 0.0718 e. The van der Waals surface area contributed by atoms with E-state index in [1.807, 2.05) is 0 Å². The smallest absolute Gasteiger partial charge is 0.0718 e. The van der Waals surface area contributed by atoms with Gasteiger partial charge in [-0.2, -0.15) is 5.10 Å². The Morgan fingerprint density at radius 3 is 2.75 bits per heavy atom. The van der Waals surface area contributed by atoms with Crippen LogP contribution in [0.5, 0.6) is 0 Å². The molecule has 0 bridgehead atoms. The Morgan fingerprint density at radius 1 is 1.30 bits per heavy atom. The minimum Gasteiger partial charge on any atom is -0.316 e. The molecule has 1 N–H and O–H groups in total. The molecule has 1 atom stereocenters. The van der Waals surface area contributed by atoms with Crippen LogP contribution in [-0.2, 0) is 13.0 Å². The first kappa shape index (κ1) is 13.6. The molecule has 0 amide bonds. The lowest BCUT2D eigenvalue weighted by Crippen LogP contribution is -2.34. The predicted molar refractivity (Wildman–Crippen MR) is 83.9 cm³/mol. The SMILES string of the molecule is CCn1nc(CC(NC)C2CCCC2)c2ccccc21. The summed E-state index contributed by atoms with van der Waals surface area (Å²) in [7, 11) is 2.10. The predicted octanol–water partition coefficient (Wildman–Crippen LogP) is 3.38. The highest BCUT2D eigenvalue weighted by atomic mass is 15.3. The highest BCUT2D eigenvalue weighted by molar-refractivity contribution is 5.82. The van der Waals surface area contributed by atoms with Gasteiger partial charge in [-0.1, -0.05) is 31.0 Å². The number of benzene rings is 1. The van der Waals surface area contributed by atoms with Crippen molar-refractivity contribution >= 4 is 10.9 Å². The molecule has 1 unspecified atom stereocenters. The van der Waals surface area contributed by atoms with E-state index in [4.69, 9.17) is 5.10 Å². The quantitative estimate of drug-likeness (QED) is 0.903. The summed E-state index contributed by atoms with van der Waals surface area (Å²) in [5.74, 6) is 0.825. The molecule has 1 aliphatic carbocycles. The number of aryl methyl sites for hydroxylation is 1. The Labute approximate surface area is 121 Å². The van der Waals surface area contributed by atoms with Crippen LogP contribution in [-0.4, -0.2) is 22.9 Å². The zero-order chi connectivity index (χ0) is 13.9. The molecular weight excluding hydrogens is 246 g/mol. The number of aromatic nitrogens is 2. The van der Waals surface area contributed by atoms with Crippen LogP contribution >= 0.6 is 0 Å². The average Bonchev–Trinajstić information content (AvgIpc) is 3.13. The molecule has 20 heavy (non-hydrogen) atoms. The summed E-state index contributed by atoms with van der Waals surface area (Å²) in [5, 5.41) is 9.71. The highest BCUT2D eigenvalue weighted by Crippen LogP contribution is 2.30. The fraction of sp³-hybridized carbons (Fsp3) is 0.588. The normalized spacial score (nSPS) is 17.9. The van der Waals surface area contributed by atoms with Gasteiger partial charge < -0.3 is 5.32 Å². The van der Waals surface area contributed by atoms with Crippen LogP contribution in [0.1, 0.15) is 38.3 Å². The molecule has 1 aromatic heterocycles. The van der Waals surface area contributed by atoms with Gasteiger partial charge in [0.15, 0.2) is 0 Å². The summed E-state index contributed by atoms with van der Waals surface area (Å²) in [6.07, 6.45) is 6.59. The van der Waals surface area contributed by atoms with Gasteiger partial charge in [0.1, 0.15) is 0 Å². The number of rotatable bonds is 5. The van der Waals surface area contributed by atoms with Gasteiger partial charge in [-0.15, -0.1) is 0 Å². The maximum atomic E-state index is 4.84. The van der Waals surface area contributed by atoms with Gasteiger partial charge in [0.05, 0.1) is 11.2 Å². The van der Waals surface area contributed by atoms with Crippen LogP contribution in [0.3, 0.4) is 0 Å². The second-order valence-corrected chi connectivity index (χ2v) is 5.92. The fourth-order valence-corrected chi connectivity index (χ4v) is 3.66. The highest BCUT2D eigenvalue weighted by Gasteiger charge is 2.25. The third-order valence-electron chi connectivity index (χ3n) is 4.79. The minimum atomic E-state index is 0.570. The van der Waals surface area contributed by atoms with E-state index in [1.54, 1.807) is 0 Å². The number of hydrogen-bond donors (Lipinski definition) is 1. The summed E-state index contributed by atoms with van der Waals surface area (Å²) >= 11 is 0. The molecular formula is C17H25N3. The molecule has 3 nitrogen and oxygen atoms in total. The maximum absolute atomic E-state index is 4.84. The Morgan fingerprint density at radius 2 is 2.05 bits per heavy atom. The Kier molecular flexibility index (Phi) is 4.06. The molecule has 108 valence electrons. The van der Waals surface area contributed by atoms with E-state index in [9.17, 15) is 0 Å². The molecule has 0 saturated heterocycles. The lowest BCUT2D eigenvalue weighted by atomic mass is 9.93. The molecule has 0 aliphatic heterocycles. The standard InChI is InChI=1S/C17H25N3/c1-3-20-17-11-7-6-10-14(17)16(19-20)12-15(18-2)13-8-4-5-9-13/h6-7,10-11,13,15,18H,3-5,8-9,12H2,1-2H3. The van der Waals surface area contributed by atoms with Crippen molar-refractivity contribution < 1.29 is 0 Å². The molecule has 1 aliphatic rings. The first-order chi connectivity index (χ1) is 9.83. The first-order valence-corrected chi connectivity index (χ1v) is 7.95. The van der Waals surface area contributed by atoms with Gasteiger partial charge >= 0.3 is 0 Å². The Hall–Kier alpha value is -1.35. The minimum absolute atomic E-state index is 0.570. The van der Waals surface area contributed by atoms with Crippen molar-refractivity contribution in [2.24, 2.45) is 5.92 Å². The second kappa shape index (κ2) is 5.96. The van der Waals surface area contributed by atoms with Gasteiger partial charge in [0, 0.05) is 24.4 Å². The summed E-state index contributed by atoms with van der Waals surface area (Å²) < 4.78 is 2.13. The molecule has 3 rings (SSSR count). The van der Waals surface area contributed by atoms with Crippen molar-refractivity contribution in [3.8, 4) is 0 Å². The van der Waals surface area contributed by atoms with Gasteiger partial charge in [-0.25, -0.2) is 0 Å². The second-order valence-electron chi connectivity index (χ2n) is 5.92.